The first-order valence-corrected chi connectivity index (χ1v) is 14.0. The Kier molecular flexibility index (Phi) is 6.26. The molecule has 0 radical (unpaired) electrons. The molecule has 10 nitrogen and oxygen atoms in total. The normalized spacial score (nSPS) is 25.4. The summed E-state index contributed by atoms with van der Waals surface area (Å²) in [6, 6.07) is 1.42. The molecule has 1 aliphatic carbocycles. The first-order chi connectivity index (χ1) is 17.8. The standard InChI is InChI=1S/C25H33N7O3S/c1-3-18(31-6-9-33-10-7-31)4-2-16(1)27-23-22-20-5-8-34-15-21(20)36-24(22)30-25(29-23)28-17-11-26-32(12-17)19-13-35-14-19/h11-12,16,18-19H,1-10,13-15H2,(H2,27,28,29,30)/t16-,18-. The van der Waals surface area contributed by atoms with E-state index >= 15 is 0 Å². The molecule has 0 bridgehead atoms. The summed E-state index contributed by atoms with van der Waals surface area (Å²) in [5.41, 5.74) is 2.25. The molecule has 0 spiro atoms. The molecule has 0 amide bonds. The topological polar surface area (TPSA) is 98.6 Å². The highest BCUT2D eigenvalue weighted by Crippen LogP contribution is 2.39. The molecule has 1 saturated carbocycles. The third-order valence-corrected chi connectivity index (χ3v) is 9.01. The zero-order valence-electron chi connectivity index (χ0n) is 20.4. The largest absolute Gasteiger partial charge is 0.379 e. The highest BCUT2D eigenvalue weighted by atomic mass is 32.1. The number of anilines is 3. The molecular formula is C25H33N7O3S. The molecule has 36 heavy (non-hydrogen) atoms. The van der Waals surface area contributed by atoms with E-state index in [1.165, 1.54) is 28.7 Å². The maximum atomic E-state index is 5.74. The van der Waals surface area contributed by atoms with E-state index in [1.807, 2.05) is 17.1 Å². The van der Waals surface area contributed by atoms with E-state index < -0.39 is 0 Å². The minimum atomic E-state index is 0.317. The van der Waals surface area contributed by atoms with Crippen LogP contribution in [-0.2, 0) is 27.2 Å². The molecule has 7 rings (SSSR count). The van der Waals surface area contributed by atoms with Gasteiger partial charge in [0.1, 0.15) is 10.6 Å². The van der Waals surface area contributed by atoms with Crippen LogP contribution in [0.15, 0.2) is 12.4 Å². The Bertz CT molecular complexity index is 1210. The summed E-state index contributed by atoms with van der Waals surface area (Å²) >= 11 is 1.73. The Hall–Kier alpha value is -2.31. The second-order valence-corrected chi connectivity index (χ2v) is 11.3. The van der Waals surface area contributed by atoms with Gasteiger partial charge in [-0.1, -0.05) is 0 Å². The van der Waals surface area contributed by atoms with Gasteiger partial charge in [0, 0.05) is 36.2 Å². The van der Waals surface area contributed by atoms with Gasteiger partial charge in [0.05, 0.1) is 63.0 Å². The van der Waals surface area contributed by atoms with Crippen LogP contribution in [0.2, 0.25) is 0 Å². The fourth-order valence-electron chi connectivity index (χ4n) is 5.81. The highest BCUT2D eigenvalue weighted by molar-refractivity contribution is 7.19. The number of aromatic nitrogens is 4. The monoisotopic (exact) mass is 511 g/mol. The van der Waals surface area contributed by atoms with Crippen LogP contribution >= 0.6 is 11.3 Å². The fourth-order valence-corrected chi connectivity index (χ4v) is 6.97. The number of hydrogen-bond donors (Lipinski definition) is 2. The lowest BCUT2D eigenvalue weighted by Crippen LogP contribution is -2.46. The third kappa shape index (κ3) is 4.47. The van der Waals surface area contributed by atoms with E-state index in [9.17, 15) is 0 Å². The summed E-state index contributed by atoms with van der Waals surface area (Å²) in [4.78, 5) is 14.8. The quantitative estimate of drug-likeness (QED) is 0.516. The lowest BCUT2D eigenvalue weighted by molar-refractivity contribution is -0.0286. The van der Waals surface area contributed by atoms with Crippen LogP contribution < -0.4 is 10.6 Å². The number of morpholine rings is 1. The molecule has 3 aromatic heterocycles. The smallest absolute Gasteiger partial charge is 0.230 e. The molecule has 3 fully saturated rings. The Balaban J connectivity index is 1.13. The van der Waals surface area contributed by atoms with E-state index in [-0.39, 0.29) is 0 Å². The second kappa shape index (κ2) is 9.86. The molecule has 3 aliphatic heterocycles. The van der Waals surface area contributed by atoms with Crippen LogP contribution in [0.25, 0.3) is 10.2 Å². The van der Waals surface area contributed by atoms with Gasteiger partial charge in [-0.05, 0) is 37.7 Å². The minimum absolute atomic E-state index is 0.317. The average molecular weight is 512 g/mol. The van der Waals surface area contributed by atoms with Crippen LogP contribution in [0.3, 0.4) is 0 Å². The maximum absolute atomic E-state index is 5.74. The Morgan fingerprint density at radius 3 is 2.61 bits per heavy atom. The molecular weight excluding hydrogens is 478 g/mol. The lowest BCUT2D eigenvalue weighted by atomic mass is 9.90. The molecule has 192 valence electrons. The van der Waals surface area contributed by atoms with E-state index in [0.29, 0.717) is 43.9 Å². The second-order valence-electron chi connectivity index (χ2n) is 10.2. The van der Waals surface area contributed by atoms with Gasteiger partial charge in [0.25, 0.3) is 0 Å². The van der Waals surface area contributed by atoms with Crippen LogP contribution in [0.5, 0.6) is 0 Å². The number of hydrogen-bond acceptors (Lipinski definition) is 10. The molecule has 2 saturated heterocycles. The molecule has 0 atom stereocenters. The highest BCUT2D eigenvalue weighted by Gasteiger charge is 2.29. The minimum Gasteiger partial charge on any atom is -0.379 e. The predicted molar refractivity (Wildman–Crippen MR) is 138 cm³/mol. The lowest BCUT2D eigenvalue weighted by Gasteiger charge is -2.39. The first-order valence-electron chi connectivity index (χ1n) is 13.2. The molecule has 0 unspecified atom stereocenters. The Morgan fingerprint density at radius 1 is 0.944 bits per heavy atom. The van der Waals surface area contributed by atoms with Crippen LogP contribution in [0.4, 0.5) is 17.5 Å². The number of thiophene rings is 1. The zero-order valence-corrected chi connectivity index (χ0v) is 21.3. The zero-order chi connectivity index (χ0) is 23.9. The van der Waals surface area contributed by atoms with Gasteiger partial charge in [-0.25, -0.2) is 4.98 Å². The molecule has 2 N–H and O–H groups in total. The van der Waals surface area contributed by atoms with Crippen molar-refractivity contribution >= 4 is 39.0 Å². The average Bonchev–Trinajstić information content (AvgIpc) is 3.48. The van der Waals surface area contributed by atoms with Gasteiger partial charge in [-0.2, -0.15) is 10.1 Å². The number of ether oxygens (including phenoxy) is 3. The molecule has 0 aromatic carbocycles. The number of rotatable bonds is 6. The summed E-state index contributed by atoms with van der Waals surface area (Å²) in [7, 11) is 0. The van der Waals surface area contributed by atoms with Crippen LogP contribution in [0.1, 0.15) is 42.2 Å². The van der Waals surface area contributed by atoms with Crippen molar-refractivity contribution in [3.63, 3.8) is 0 Å². The molecule has 6 heterocycles. The van der Waals surface area contributed by atoms with Crippen molar-refractivity contribution in [2.24, 2.45) is 0 Å². The van der Waals surface area contributed by atoms with Crippen molar-refractivity contribution in [1.82, 2.24) is 24.6 Å². The molecule has 11 heteroatoms. The summed E-state index contributed by atoms with van der Waals surface area (Å²) in [5.74, 6) is 1.56. The van der Waals surface area contributed by atoms with E-state index in [1.54, 1.807) is 11.3 Å². The first kappa shape index (κ1) is 22.9. The fraction of sp³-hybridized carbons (Fsp3) is 0.640. The van der Waals surface area contributed by atoms with Crippen molar-refractivity contribution in [2.75, 3.05) is 56.8 Å². The number of nitrogens with one attached hydrogen (secondary N) is 2. The summed E-state index contributed by atoms with van der Waals surface area (Å²) in [5, 5.41) is 12.9. The summed E-state index contributed by atoms with van der Waals surface area (Å²) in [6.45, 7) is 6.73. The molecule has 4 aliphatic rings. The Labute approximate surface area is 214 Å². The van der Waals surface area contributed by atoms with Crippen molar-refractivity contribution < 1.29 is 14.2 Å². The van der Waals surface area contributed by atoms with Gasteiger partial charge in [-0.15, -0.1) is 11.3 Å². The van der Waals surface area contributed by atoms with Crippen molar-refractivity contribution in [3.8, 4) is 0 Å². The maximum Gasteiger partial charge on any atom is 0.230 e. The summed E-state index contributed by atoms with van der Waals surface area (Å²) < 4.78 is 18.6. The predicted octanol–water partition coefficient (Wildman–Crippen LogP) is 3.33. The van der Waals surface area contributed by atoms with Gasteiger partial charge in [0.2, 0.25) is 5.95 Å². The Morgan fingerprint density at radius 2 is 1.81 bits per heavy atom. The van der Waals surface area contributed by atoms with Gasteiger partial charge >= 0.3 is 0 Å². The van der Waals surface area contributed by atoms with E-state index in [4.69, 9.17) is 24.2 Å². The van der Waals surface area contributed by atoms with Crippen LogP contribution in [0, 0.1) is 0 Å². The molecule has 3 aromatic rings. The van der Waals surface area contributed by atoms with Gasteiger partial charge in [0.15, 0.2) is 0 Å². The van der Waals surface area contributed by atoms with Gasteiger partial charge < -0.3 is 24.8 Å². The number of nitrogens with zero attached hydrogens (tertiary/aromatic N) is 5. The van der Waals surface area contributed by atoms with E-state index in [0.717, 1.165) is 68.5 Å². The SMILES string of the molecule is c1nn(C2COC2)cc1Nc1nc(N[C@H]2CC[C@H](N3CCOCC3)CC2)c2c3c(sc2n1)COCC3. The number of fused-ring (bicyclic) bond motifs is 3. The van der Waals surface area contributed by atoms with Crippen LogP contribution in [-0.4, -0.2) is 82.9 Å². The third-order valence-electron chi connectivity index (χ3n) is 7.92. The van der Waals surface area contributed by atoms with E-state index in [2.05, 4.69) is 20.6 Å². The van der Waals surface area contributed by atoms with Crippen molar-refractivity contribution in [3.05, 3.63) is 22.8 Å². The van der Waals surface area contributed by atoms with Crippen molar-refractivity contribution in [1.29, 1.82) is 0 Å². The van der Waals surface area contributed by atoms with Gasteiger partial charge in [-0.3, -0.25) is 9.58 Å². The summed E-state index contributed by atoms with van der Waals surface area (Å²) in [6.07, 6.45) is 9.50. The van der Waals surface area contributed by atoms with Crippen molar-refractivity contribution in [2.45, 2.75) is 56.8 Å².